The van der Waals surface area contributed by atoms with Gasteiger partial charge < -0.3 is 4.98 Å². The van der Waals surface area contributed by atoms with Crippen LogP contribution in [0.3, 0.4) is 0 Å². The molecule has 0 aliphatic carbocycles. The van der Waals surface area contributed by atoms with Crippen LogP contribution in [-0.4, -0.2) is 4.98 Å². The Kier molecular flexibility index (Phi) is 4.93. The van der Waals surface area contributed by atoms with Crippen molar-refractivity contribution in [3.05, 3.63) is 117 Å². The number of pyridine rings is 1. The molecule has 144 valence electrons. The van der Waals surface area contributed by atoms with E-state index in [4.69, 9.17) is 0 Å². The summed E-state index contributed by atoms with van der Waals surface area (Å²) < 4.78 is 1.27. The first kappa shape index (κ1) is 18.4. The standard InChI is InChI=1S/C27H19NOS/c29-27-24(17-21-10-12-26-22(16-21)13-14-30-26)18-23-15-20(9-11-25(23)28-27)8-4-7-19-5-2-1-3-6-19/h1-3,5-6,9-16,18H,7,17H2,(H,28,29). The van der Waals surface area contributed by atoms with E-state index in [-0.39, 0.29) is 5.56 Å². The first-order chi connectivity index (χ1) is 14.7. The third kappa shape index (κ3) is 3.91. The first-order valence-corrected chi connectivity index (χ1v) is 10.8. The van der Waals surface area contributed by atoms with E-state index in [9.17, 15) is 4.79 Å². The van der Waals surface area contributed by atoms with Gasteiger partial charge in [-0.15, -0.1) is 11.3 Å². The van der Waals surface area contributed by atoms with Crippen molar-refractivity contribution in [2.45, 2.75) is 12.8 Å². The maximum Gasteiger partial charge on any atom is 0.251 e. The molecule has 1 N–H and O–H groups in total. The van der Waals surface area contributed by atoms with E-state index in [1.807, 2.05) is 36.4 Å². The third-order valence-electron chi connectivity index (χ3n) is 5.20. The molecule has 5 rings (SSSR count). The Hall–Kier alpha value is -3.61. The van der Waals surface area contributed by atoms with Crippen LogP contribution in [0.4, 0.5) is 0 Å². The van der Waals surface area contributed by atoms with Gasteiger partial charge in [-0.25, -0.2) is 0 Å². The van der Waals surface area contributed by atoms with E-state index < -0.39 is 0 Å². The minimum atomic E-state index is -0.0316. The summed E-state index contributed by atoms with van der Waals surface area (Å²) in [6.07, 6.45) is 1.34. The smallest absolute Gasteiger partial charge is 0.251 e. The largest absolute Gasteiger partial charge is 0.322 e. The van der Waals surface area contributed by atoms with E-state index in [0.717, 1.165) is 34.0 Å². The van der Waals surface area contributed by atoms with Crippen molar-refractivity contribution in [3.63, 3.8) is 0 Å². The van der Waals surface area contributed by atoms with Crippen LogP contribution in [0.5, 0.6) is 0 Å². The van der Waals surface area contributed by atoms with Crippen LogP contribution in [0.25, 0.3) is 21.0 Å². The molecule has 0 saturated carbocycles. The molecule has 0 aliphatic heterocycles. The van der Waals surface area contributed by atoms with E-state index in [2.05, 4.69) is 64.7 Å². The summed E-state index contributed by atoms with van der Waals surface area (Å²) in [4.78, 5) is 15.6. The van der Waals surface area contributed by atoms with Gasteiger partial charge in [0, 0.05) is 34.2 Å². The van der Waals surface area contributed by atoms with E-state index in [1.54, 1.807) is 11.3 Å². The summed E-state index contributed by atoms with van der Waals surface area (Å²) in [6, 6.07) is 26.7. The molecule has 5 aromatic rings. The van der Waals surface area contributed by atoms with Crippen LogP contribution in [0.2, 0.25) is 0 Å². The molecule has 2 nitrogen and oxygen atoms in total. The summed E-state index contributed by atoms with van der Waals surface area (Å²) in [7, 11) is 0. The molecular weight excluding hydrogens is 386 g/mol. The highest BCUT2D eigenvalue weighted by Crippen LogP contribution is 2.23. The molecule has 0 radical (unpaired) electrons. The van der Waals surface area contributed by atoms with Gasteiger partial charge in [-0.1, -0.05) is 48.2 Å². The highest BCUT2D eigenvalue weighted by Gasteiger charge is 2.06. The monoisotopic (exact) mass is 405 g/mol. The fraction of sp³-hybridized carbons (Fsp3) is 0.0741. The molecular formula is C27H19NOS. The predicted molar refractivity (Wildman–Crippen MR) is 126 cm³/mol. The molecule has 3 heteroatoms. The Morgan fingerprint density at radius 2 is 1.73 bits per heavy atom. The van der Waals surface area contributed by atoms with Crippen molar-refractivity contribution < 1.29 is 0 Å². The minimum absolute atomic E-state index is 0.0316. The highest BCUT2D eigenvalue weighted by atomic mass is 32.1. The zero-order valence-corrected chi connectivity index (χ0v) is 17.1. The van der Waals surface area contributed by atoms with Crippen LogP contribution in [0.15, 0.2) is 89.0 Å². The molecule has 0 aliphatic rings. The molecule has 0 spiro atoms. The molecule has 2 aromatic heterocycles. The van der Waals surface area contributed by atoms with Gasteiger partial charge in [0.25, 0.3) is 5.56 Å². The van der Waals surface area contributed by atoms with E-state index in [0.29, 0.717) is 6.42 Å². The average Bonchev–Trinajstić information content (AvgIpc) is 3.23. The van der Waals surface area contributed by atoms with Gasteiger partial charge in [-0.3, -0.25) is 4.79 Å². The molecule has 0 fully saturated rings. The number of aromatic amines is 1. The topological polar surface area (TPSA) is 32.9 Å². The molecule has 0 bridgehead atoms. The van der Waals surface area contributed by atoms with Crippen molar-refractivity contribution >= 4 is 32.3 Å². The van der Waals surface area contributed by atoms with Gasteiger partial charge in [0.2, 0.25) is 0 Å². The normalized spacial score (nSPS) is 10.8. The van der Waals surface area contributed by atoms with Crippen LogP contribution in [0, 0.1) is 11.8 Å². The lowest BCUT2D eigenvalue weighted by Crippen LogP contribution is -2.12. The summed E-state index contributed by atoms with van der Waals surface area (Å²) in [5, 5.41) is 4.33. The Labute approximate surface area is 178 Å². The first-order valence-electron chi connectivity index (χ1n) is 9.89. The van der Waals surface area contributed by atoms with Gasteiger partial charge >= 0.3 is 0 Å². The maximum atomic E-state index is 12.6. The van der Waals surface area contributed by atoms with Gasteiger partial charge in [0.05, 0.1) is 0 Å². The van der Waals surface area contributed by atoms with Crippen LogP contribution in [-0.2, 0) is 12.8 Å². The lowest BCUT2D eigenvalue weighted by molar-refractivity contribution is 1.12. The number of hydrogen-bond acceptors (Lipinski definition) is 2. The molecule has 3 aromatic carbocycles. The number of hydrogen-bond donors (Lipinski definition) is 1. The number of H-pyrrole nitrogens is 1. The summed E-state index contributed by atoms with van der Waals surface area (Å²) >= 11 is 1.73. The third-order valence-corrected chi connectivity index (χ3v) is 6.10. The Balaban J connectivity index is 1.43. The van der Waals surface area contributed by atoms with E-state index in [1.165, 1.54) is 15.6 Å². The van der Waals surface area contributed by atoms with E-state index >= 15 is 0 Å². The summed E-state index contributed by atoms with van der Waals surface area (Å²) in [5.41, 5.74) is 4.88. The zero-order valence-electron chi connectivity index (χ0n) is 16.3. The van der Waals surface area contributed by atoms with Gasteiger partial charge in [-0.05, 0) is 69.7 Å². The molecule has 2 heterocycles. The Morgan fingerprint density at radius 3 is 2.63 bits per heavy atom. The lowest BCUT2D eigenvalue weighted by Gasteiger charge is -2.05. The quantitative estimate of drug-likeness (QED) is 0.371. The number of aromatic nitrogens is 1. The number of benzene rings is 3. The van der Waals surface area contributed by atoms with Crippen LogP contribution < -0.4 is 5.56 Å². The summed E-state index contributed by atoms with van der Waals surface area (Å²) in [5.74, 6) is 6.49. The molecule has 0 atom stereocenters. The lowest BCUT2D eigenvalue weighted by atomic mass is 10.0. The van der Waals surface area contributed by atoms with Gasteiger partial charge in [0.1, 0.15) is 0 Å². The van der Waals surface area contributed by atoms with Crippen molar-refractivity contribution in [2.24, 2.45) is 0 Å². The number of nitrogens with one attached hydrogen (secondary N) is 1. The number of fused-ring (bicyclic) bond motifs is 2. The Morgan fingerprint density at radius 1 is 0.833 bits per heavy atom. The predicted octanol–water partition coefficient (Wildman–Crippen LogP) is 5.93. The SMILES string of the molecule is O=c1[nH]c2ccc(C#CCc3ccccc3)cc2cc1Cc1ccc2sccc2c1. The van der Waals surface area contributed by atoms with Crippen molar-refractivity contribution in [1.82, 2.24) is 4.98 Å². The van der Waals surface area contributed by atoms with Crippen molar-refractivity contribution in [3.8, 4) is 11.8 Å². The Bertz CT molecular complexity index is 1470. The van der Waals surface area contributed by atoms with Gasteiger partial charge in [-0.2, -0.15) is 0 Å². The second-order valence-electron chi connectivity index (χ2n) is 7.36. The second-order valence-corrected chi connectivity index (χ2v) is 8.31. The molecule has 0 amide bonds. The summed E-state index contributed by atoms with van der Waals surface area (Å²) in [6.45, 7) is 0. The molecule has 0 unspecified atom stereocenters. The fourth-order valence-electron chi connectivity index (χ4n) is 3.65. The highest BCUT2D eigenvalue weighted by molar-refractivity contribution is 7.17. The minimum Gasteiger partial charge on any atom is -0.322 e. The zero-order chi connectivity index (χ0) is 20.3. The van der Waals surface area contributed by atoms with Crippen LogP contribution in [0.1, 0.15) is 22.3 Å². The molecule has 30 heavy (non-hydrogen) atoms. The van der Waals surface area contributed by atoms with Gasteiger partial charge in [0.15, 0.2) is 0 Å². The fourth-order valence-corrected chi connectivity index (χ4v) is 4.42. The number of thiophene rings is 1. The second kappa shape index (κ2) is 8.02. The van der Waals surface area contributed by atoms with Crippen LogP contribution >= 0.6 is 11.3 Å². The van der Waals surface area contributed by atoms with Crippen molar-refractivity contribution in [1.29, 1.82) is 0 Å². The maximum absolute atomic E-state index is 12.6. The average molecular weight is 406 g/mol. The number of rotatable bonds is 3. The van der Waals surface area contributed by atoms with Crippen molar-refractivity contribution in [2.75, 3.05) is 0 Å². The molecule has 0 saturated heterocycles.